The second-order valence-corrected chi connectivity index (χ2v) is 16.8. The summed E-state index contributed by atoms with van der Waals surface area (Å²) in [5.74, 6) is -0.494. The maximum atomic E-state index is 13.2. The van der Waals surface area contributed by atoms with E-state index in [2.05, 4.69) is 62.5 Å². The van der Waals surface area contributed by atoms with Crippen molar-refractivity contribution in [1.82, 2.24) is 5.32 Å². The lowest BCUT2D eigenvalue weighted by atomic mass is 10.0. The molecule has 6 heteroatoms. The average Bonchev–Trinajstić information content (AvgIpc) is 3.20. The van der Waals surface area contributed by atoms with E-state index in [0.29, 0.717) is 19.3 Å². The number of carbonyl (C=O) groups excluding carboxylic acids is 2. The Bertz CT molecular complexity index is 946. The van der Waals surface area contributed by atoms with Crippen molar-refractivity contribution in [3.63, 3.8) is 0 Å². The number of hydrogen-bond donors (Lipinski definition) is 3. The van der Waals surface area contributed by atoms with E-state index in [9.17, 15) is 19.8 Å². The lowest BCUT2D eigenvalue weighted by Gasteiger charge is -2.24. The van der Waals surface area contributed by atoms with Crippen LogP contribution in [-0.2, 0) is 14.3 Å². The van der Waals surface area contributed by atoms with E-state index in [1.807, 2.05) is 0 Å². The van der Waals surface area contributed by atoms with E-state index in [1.54, 1.807) is 0 Å². The second-order valence-electron chi connectivity index (χ2n) is 16.8. The van der Waals surface area contributed by atoms with Gasteiger partial charge in [-0.1, -0.05) is 198 Å². The standard InChI is InChI=1S/C51H95NO5/c1-4-7-10-13-16-19-22-25-26-28-31-34-37-40-43-49(54)48(46-53)52-50(55)45-47(42-39-36-33-30-27-23-20-17-14-11-8-5-2)57-51(56)44-41-38-35-32-29-24-21-18-15-12-9-6-3/h8,11,17-18,20-21,47-49,53-54H,4-7,9-10,12-16,19,22-46H2,1-3H3,(H,52,55)/b11-8+,20-17+,21-18-. The number of carbonyl (C=O) groups is 2. The molecule has 0 saturated heterocycles. The van der Waals surface area contributed by atoms with Crippen molar-refractivity contribution in [2.75, 3.05) is 6.61 Å². The molecule has 0 saturated carbocycles. The van der Waals surface area contributed by atoms with Gasteiger partial charge >= 0.3 is 5.97 Å². The lowest BCUT2D eigenvalue weighted by Crippen LogP contribution is -2.46. The van der Waals surface area contributed by atoms with Crippen LogP contribution in [0.25, 0.3) is 0 Å². The number of amides is 1. The molecule has 3 unspecified atom stereocenters. The third kappa shape index (κ3) is 40.6. The summed E-state index contributed by atoms with van der Waals surface area (Å²) in [7, 11) is 0. The molecule has 0 aliphatic carbocycles. The van der Waals surface area contributed by atoms with E-state index in [4.69, 9.17) is 4.74 Å². The summed E-state index contributed by atoms with van der Waals surface area (Å²) < 4.78 is 5.90. The molecule has 0 radical (unpaired) electrons. The Labute approximate surface area is 353 Å². The van der Waals surface area contributed by atoms with Crippen LogP contribution in [0.4, 0.5) is 0 Å². The highest BCUT2D eigenvalue weighted by Crippen LogP contribution is 2.18. The molecule has 0 aliphatic rings. The molecule has 0 aromatic rings. The molecule has 0 aliphatic heterocycles. The quantitative estimate of drug-likeness (QED) is 0.0324. The van der Waals surface area contributed by atoms with Crippen LogP contribution in [0, 0.1) is 0 Å². The summed E-state index contributed by atoms with van der Waals surface area (Å²) >= 11 is 0. The molecule has 0 spiro atoms. The van der Waals surface area contributed by atoms with E-state index in [-0.39, 0.29) is 24.9 Å². The SMILES string of the molecule is CC/C=C/C/C=C/CCCCCCCC(CC(=O)NC(CO)C(O)CCCCCCCCCCCCCCCC)OC(=O)CCCCCCC/C=C\CCCCC. The van der Waals surface area contributed by atoms with E-state index < -0.39 is 18.2 Å². The van der Waals surface area contributed by atoms with Crippen LogP contribution in [-0.4, -0.2) is 46.9 Å². The summed E-state index contributed by atoms with van der Waals surface area (Å²) in [4.78, 5) is 26.0. The Kier molecular flexibility index (Phi) is 43.6. The largest absolute Gasteiger partial charge is 0.462 e. The fourth-order valence-corrected chi connectivity index (χ4v) is 7.46. The van der Waals surface area contributed by atoms with E-state index in [1.165, 1.54) is 122 Å². The van der Waals surface area contributed by atoms with Gasteiger partial charge in [-0.2, -0.15) is 0 Å². The maximum absolute atomic E-state index is 13.2. The molecule has 3 N–H and O–H groups in total. The number of rotatable bonds is 44. The first kappa shape index (κ1) is 55.1. The van der Waals surface area contributed by atoms with Crippen molar-refractivity contribution < 1.29 is 24.5 Å². The molecular formula is C51H95NO5. The van der Waals surface area contributed by atoms with E-state index in [0.717, 1.165) is 83.5 Å². The lowest BCUT2D eigenvalue weighted by molar-refractivity contribution is -0.151. The smallest absolute Gasteiger partial charge is 0.306 e. The fraction of sp³-hybridized carbons (Fsp3) is 0.843. The molecule has 0 bridgehead atoms. The Morgan fingerprint density at radius 2 is 0.947 bits per heavy atom. The van der Waals surface area contributed by atoms with Gasteiger partial charge < -0.3 is 20.3 Å². The number of hydrogen-bond acceptors (Lipinski definition) is 5. The average molecular weight is 802 g/mol. The molecule has 57 heavy (non-hydrogen) atoms. The van der Waals surface area contributed by atoms with Crippen LogP contribution in [0.5, 0.6) is 0 Å². The first-order valence-electron chi connectivity index (χ1n) is 24.7. The molecule has 0 fully saturated rings. The van der Waals surface area contributed by atoms with Gasteiger partial charge in [-0.3, -0.25) is 9.59 Å². The minimum atomic E-state index is -0.790. The predicted octanol–water partition coefficient (Wildman–Crippen LogP) is 14.5. The Balaban J connectivity index is 4.56. The molecule has 334 valence electrons. The highest BCUT2D eigenvalue weighted by Gasteiger charge is 2.24. The summed E-state index contributed by atoms with van der Waals surface area (Å²) in [5.41, 5.74) is 0. The summed E-state index contributed by atoms with van der Waals surface area (Å²) in [6, 6.07) is -0.705. The second kappa shape index (κ2) is 45.2. The number of nitrogens with one attached hydrogen (secondary N) is 1. The predicted molar refractivity (Wildman–Crippen MR) is 246 cm³/mol. The molecule has 0 rings (SSSR count). The molecule has 1 amide bonds. The molecule has 0 aromatic carbocycles. The molecule has 0 heterocycles. The van der Waals surface area contributed by atoms with Gasteiger partial charge in [0.05, 0.1) is 25.2 Å². The third-order valence-electron chi connectivity index (χ3n) is 11.2. The van der Waals surface area contributed by atoms with Gasteiger partial charge in [0.25, 0.3) is 0 Å². The van der Waals surface area contributed by atoms with Crippen molar-refractivity contribution >= 4 is 11.9 Å². The normalized spacial score (nSPS) is 13.6. The summed E-state index contributed by atoms with van der Waals surface area (Å²) in [6.45, 7) is 6.35. The number of unbranched alkanes of at least 4 members (excludes halogenated alkanes) is 26. The topological polar surface area (TPSA) is 95.9 Å². The Morgan fingerprint density at radius 3 is 1.47 bits per heavy atom. The number of esters is 1. The van der Waals surface area contributed by atoms with Gasteiger partial charge in [0, 0.05) is 6.42 Å². The first-order chi connectivity index (χ1) is 28.0. The van der Waals surface area contributed by atoms with Crippen molar-refractivity contribution in [3.05, 3.63) is 36.5 Å². The number of ether oxygens (including phenoxy) is 1. The highest BCUT2D eigenvalue weighted by molar-refractivity contribution is 5.77. The van der Waals surface area contributed by atoms with Crippen LogP contribution in [0.1, 0.15) is 252 Å². The van der Waals surface area contributed by atoms with Gasteiger partial charge in [-0.15, -0.1) is 0 Å². The first-order valence-corrected chi connectivity index (χ1v) is 24.7. The van der Waals surface area contributed by atoms with Crippen LogP contribution >= 0.6 is 0 Å². The van der Waals surface area contributed by atoms with Gasteiger partial charge in [-0.25, -0.2) is 0 Å². The molecular weight excluding hydrogens is 707 g/mol. The van der Waals surface area contributed by atoms with E-state index >= 15 is 0 Å². The monoisotopic (exact) mass is 802 g/mol. The van der Waals surface area contributed by atoms with Crippen molar-refractivity contribution in [2.24, 2.45) is 0 Å². The fourth-order valence-electron chi connectivity index (χ4n) is 7.46. The van der Waals surface area contributed by atoms with Crippen molar-refractivity contribution in [2.45, 2.75) is 270 Å². The molecule has 6 nitrogen and oxygen atoms in total. The van der Waals surface area contributed by atoms with Gasteiger partial charge in [0.2, 0.25) is 5.91 Å². The van der Waals surface area contributed by atoms with Crippen LogP contribution in [0.3, 0.4) is 0 Å². The Morgan fingerprint density at radius 1 is 0.526 bits per heavy atom. The van der Waals surface area contributed by atoms with Crippen LogP contribution in [0.2, 0.25) is 0 Å². The summed E-state index contributed by atoms with van der Waals surface area (Å²) in [5, 5.41) is 23.7. The zero-order valence-electron chi connectivity index (χ0n) is 38.0. The minimum absolute atomic E-state index is 0.0665. The number of aliphatic hydroxyl groups is 2. The van der Waals surface area contributed by atoms with Crippen LogP contribution < -0.4 is 5.32 Å². The highest BCUT2D eigenvalue weighted by atomic mass is 16.5. The number of allylic oxidation sites excluding steroid dienone is 6. The summed E-state index contributed by atoms with van der Waals surface area (Å²) in [6.07, 6.45) is 52.0. The minimum Gasteiger partial charge on any atom is -0.462 e. The zero-order valence-corrected chi connectivity index (χ0v) is 38.0. The van der Waals surface area contributed by atoms with Gasteiger partial charge in [-0.05, 0) is 77.0 Å². The van der Waals surface area contributed by atoms with Crippen molar-refractivity contribution in [3.8, 4) is 0 Å². The van der Waals surface area contributed by atoms with Gasteiger partial charge in [0.1, 0.15) is 6.10 Å². The Hall–Kier alpha value is -1.92. The zero-order chi connectivity index (χ0) is 41.7. The number of aliphatic hydroxyl groups excluding tert-OH is 2. The van der Waals surface area contributed by atoms with Gasteiger partial charge in [0.15, 0.2) is 0 Å². The third-order valence-corrected chi connectivity index (χ3v) is 11.2. The van der Waals surface area contributed by atoms with Crippen molar-refractivity contribution in [1.29, 1.82) is 0 Å². The molecule has 0 aromatic heterocycles. The molecule has 3 atom stereocenters. The maximum Gasteiger partial charge on any atom is 0.306 e. The van der Waals surface area contributed by atoms with Crippen LogP contribution in [0.15, 0.2) is 36.5 Å².